The van der Waals surface area contributed by atoms with Gasteiger partial charge in [-0.1, -0.05) is 18.2 Å². The van der Waals surface area contributed by atoms with Gasteiger partial charge >= 0.3 is 0 Å². The number of carbonyl (C=O) groups is 1. The first-order valence-electron chi connectivity index (χ1n) is 5.18. The van der Waals surface area contributed by atoms with Crippen LogP contribution in [0.3, 0.4) is 0 Å². The van der Waals surface area contributed by atoms with E-state index in [0.29, 0.717) is 5.76 Å². The third kappa shape index (κ3) is 2.53. The highest BCUT2D eigenvalue weighted by Crippen LogP contribution is 2.20. The second-order valence-corrected chi connectivity index (χ2v) is 3.84. The lowest BCUT2D eigenvalue weighted by molar-refractivity contribution is -0.119. The molecule has 1 N–H and O–H groups in total. The summed E-state index contributed by atoms with van der Waals surface area (Å²) in [5.41, 5.74) is 1.88. The lowest BCUT2D eigenvalue weighted by Crippen LogP contribution is -2.22. The summed E-state index contributed by atoms with van der Waals surface area (Å²) in [5, 5.41) is 3.33. The van der Waals surface area contributed by atoms with Crippen molar-refractivity contribution in [1.29, 1.82) is 0 Å². The van der Waals surface area contributed by atoms with Crippen molar-refractivity contribution in [1.82, 2.24) is 5.32 Å². The van der Waals surface area contributed by atoms with Crippen molar-refractivity contribution >= 4 is 16.9 Å². The Morgan fingerprint density at radius 2 is 2.24 bits per heavy atom. The van der Waals surface area contributed by atoms with Gasteiger partial charge in [0.2, 0.25) is 0 Å². The maximum absolute atomic E-state index is 12.4. The summed E-state index contributed by atoms with van der Waals surface area (Å²) < 4.78 is 17.9. The van der Waals surface area contributed by atoms with Crippen LogP contribution in [0.25, 0.3) is 11.0 Å². The molecule has 0 aliphatic heterocycles. The van der Waals surface area contributed by atoms with Gasteiger partial charge in [0.1, 0.15) is 11.3 Å². The Kier molecular flexibility index (Phi) is 2.95. The molecule has 1 aromatic carbocycles. The normalized spacial score (nSPS) is 10.5. The van der Waals surface area contributed by atoms with Gasteiger partial charge in [0.05, 0.1) is 6.54 Å². The predicted octanol–water partition coefficient (Wildman–Crippen LogP) is 2.84. The molecule has 1 aromatic heterocycles. The summed E-state index contributed by atoms with van der Waals surface area (Å²) in [6, 6.07) is 7.61. The van der Waals surface area contributed by atoms with E-state index in [1.165, 1.54) is 0 Å². The zero-order valence-corrected chi connectivity index (χ0v) is 9.42. The van der Waals surface area contributed by atoms with E-state index in [0.717, 1.165) is 16.5 Å². The smallest absolute Gasteiger partial charge is 0.279 e. The molecule has 0 radical (unpaired) electrons. The standard InChI is InChI=1S/C13H12FNO2/c1-8-3-4-12-10(5-8)6-11(17-12)7-15-13(16)9(2)14/h3-6H,2,7H2,1H3,(H,15,16). The second kappa shape index (κ2) is 4.41. The third-order valence-electron chi connectivity index (χ3n) is 2.39. The fourth-order valence-corrected chi connectivity index (χ4v) is 1.57. The minimum atomic E-state index is -1.00. The molecule has 3 nitrogen and oxygen atoms in total. The number of hydrogen-bond acceptors (Lipinski definition) is 2. The van der Waals surface area contributed by atoms with Crippen molar-refractivity contribution in [2.24, 2.45) is 0 Å². The van der Waals surface area contributed by atoms with Gasteiger partial charge in [0.15, 0.2) is 5.83 Å². The summed E-state index contributed by atoms with van der Waals surface area (Å²) in [5.74, 6) is -1.24. The average molecular weight is 233 g/mol. The van der Waals surface area contributed by atoms with Gasteiger partial charge in [-0.3, -0.25) is 4.79 Å². The molecule has 0 spiro atoms. The summed E-state index contributed by atoms with van der Waals surface area (Å²) in [7, 11) is 0. The lowest BCUT2D eigenvalue weighted by atomic mass is 10.2. The first kappa shape index (κ1) is 11.4. The van der Waals surface area contributed by atoms with E-state index in [4.69, 9.17) is 4.42 Å². The zero-order valence-electron chi connectivity index (χ0n) is 9.42. The molecule has 17 heavy (non-hydrogen) atoms. The summed E-state index contributed by atoms with van der Waals surface area (Å²) >= 11 is 0. The van der Waals surface area contributed by atoms with E-state index in [2.05, 4.69) is 11.9 Å². The quantitative estimate of drug-likeness (QED) is 0.828. The number of fused-ring (bicyclic) bond motifs is 1. The molecule has 0 atom stereocenters. The van der Waals surface area contributed by atoms with Crippen molar-refractivity contribution in [3.8, 4) is 0 Å². The van der Waals surface area contributed by atoms with Gasteiger partial charge in [-0.2, -0.15) is 0 Å². The van der Waals surface area contributed by atoms with Crippen molar-refractivity contribution in [3.63, 3.8) is 0 Å². The largest absolute Gasteiger partial charge is 0.459 e. The number of amides is 1. The maximum atomic E-state index is 12.4. The van der Waals surface area contributed by atoms with Gasteiger partial charge in [0, 0.05) is 5.39 Å². The molecule has 1 heterocycles. The maximum Gasteiger partial charge on any atom is 0.279 e. The average Bonchev–Trinajstić information content (AvgIpc) is 2.67. The summed E-state index contributed by atoms with van der Waals surface area (Å²) in [6.45, 7) is 5.05. The van der Waals surface area contributed by atoms with E-state index in [1.807, 2.05) is 31.2 Å². The number of carbonyl (C=O) groups excluding carboxylic acids is 1. The number of halogens is 1. The molecular weight excluding hydrogens is 221 g/mol. The van der Waals surface area contributed by atoms with Crippen LogP contribution >= 0.6 is 0 Å². The molecule has 1 amide bonds. The molecule has 0 saturated heterocycles. The van der Waals surface area contributed by atoms with E-state index < -0.39 is 11.7 Å². The molecule has 0 bridgehead atoms. The van der Waals surface area contributed by atoms with Crippen LogP contribution in [-0.2, 0) is 11.3 Å². The number of nitrogens with one attached hydrogen (secondary N) is 1. The Morgan fingerprint density at radius 3 is 2.94 bits per heavy atom. The molecule has 2 aromatic rings. The van der Waals surface area contributed by atoms with Crippen LogP contribution in [0.2, 0.25) is 0 Å². The SMILES string of the molecule is C=C(F)C(=O)NCc1cc2cc(C)ccc2o1. The Bertz CT molecular complexity index is 586. The molecule has 0 aliphatic carbocycles. The molecule has 0 unspecified atom stereocenters. The third-order valence-corrected chi connectivity index (χ3v) is 2.39. The molecule has 0 aliphatic rings. The van der Waals surface area contributed by atoms with E-state index in [1.54, 1.807) is 0 Å². The van der Waals surface area contributed by atoms with Crippen LogP contribution in [0.1, 0.15) is 11.3 Å². The molecular formula is C13H12FNO2. The molecule has 4 heteroatoms. The minimum absolute atomic E-state index is 0.148. The highest BCUT2D eigenvalue weighted by atomic mass is 19.1. The predicted molar refractivity (Wildman–Crippen MR) is 63.0 cm³/mol. The van der Waals surface area contributed by atoms with Crippen molar-refractivity contribution < 1.29 is 13.6 Å². The second-order valence-electron chi connectivity index (χ2n) is 3.84. The van der Waals surface area contributed by atoms with Crippen molar-refractivity contribution in [2.45, 2.75) is 13.5 Å². The highest BCUT2D eigenvalue weighted by Gasteiger charge is 2.08. The summed E-state index contributed by atoms with van der Waals surface area (Å²) in [4.78, 5) is 11.0. The van der Waals surface area contributed by atoms with Gasteiger partial charge in [-0.15, -0.1) is 0 Å². The Balaban J connectivity index is 2.14. The van der Waals surface area contributed by atoms with Gasteiger partial charge in [0.25, 0.3) is 5.91 Å². The number of furan rings is 1. The number of benzene rings is 1. The minimum Gasteiger partial charge on any atom is -0.459 e. The van der Waals surface area contributed by atoms with E-state index in [9.17, 15) is 9.18 Å². The molecule has 0 saturated carbocycles. The monoisotopic (exact) mass is 233 g/mol. The van der Waals surface area contributed by atoms with E-state index in [-0.39, 0.29) is 6.54 Å². The Labute approximate surface area is 97.9 Å². The molecule has 2 rings (SSSR count). The number of hydrogen-bond donors (Lipinski definition) is 1. The highest BCUT2D eigenvalue weighted by molar-refractivity contribution is 5.90. The van der Waals surface area contributed by atoms with Crippen LogP contribution in [-0.4, -0.2) is 5.91 Å². The van der Waals surface area contributed by atoms with Crippen LogP contribution in [0, 0.1) is 6.92 Å². The first-order chi connectivity index (χ1) is 8.06. The van der Waals surface area contributed by atoms with E-state index >= 15 is 0 Å². The molecule has 0 fully saturated rings. The van der Waals surface area contributed by atoms with Crippen molar-refractivity contribution in [2.75, 3.05) is 0 Å². The van der Waals surface area contributed by atoms with Gasteiger partial charge in [-0.25, -0.2) is 4.39 Å². The van der Waals surface area contributed by atoms with Crippen LogP contribution in [0.15, 0.2) is 41.1 Å². The van der Waals surface area contributed by atoms with Gasteiger partial charge in [-0.05, 0) is 25.1 Å². The molecule has 88 valence electrons. The van der Waals surface area contributed by atoms with Crippen LogP contribution in [0.5, 0.6) is 0 Å². The number of rotatable bonds is 3. The van der Waals surface area contributed by atoms with Crippen LogP contribution < -0.4 is 5.32 Å². The lowest BCUT2D eigenvalue weighted by Gasteiger charge is -1.98. The van der Waals surface area contributed by atoms with Crippen molar-refractivity contribution in [3.05, 3.63) is 48.0 Å². The Hall–Kier alpha value is -2.10. The zero-order chi connectivity index (χ0) is 12.4. The fourth-order valence-electron chi connectivity index (χ4n) is 1.57. The first-order valence-corrected chi connectivity index (χ1v) is 5.18. The van der Waals surface area contributed by atoms with Gasteiger partial charge < -0.3 is 9.73 Å². The van der Waals surface area contributed by atoms with Crippen LogP contribution in [0.4, 0.5) is 4.39 Å². The fraction of sp³-hybridized carbons (Fsp3) is 0.154. The Morgan fingerprint density at radius 1 is 1.47 bits per heavy atom. The summed E-state index contributed by atoms with van der Waals surface area (Å²) in [6.07, 6.45) is 0. The topological polar surface area (TPSA) is 42.2 Å². The number of aryl methyl sites for hydroxylation is 1.